The molecule has 0 saturated heterocycles. The first-order valence-corrected chi connectivity index (χ1v) is 7.80. The number of halogens is 2. The van der Waals surface area contributed by atoms with Crippen LogP contribution < -0.4 is 4.90 Å². The number of nitrogens with zero attached hydrogens (tertiary/aromatic N) is 2. The molecular weight excluding hydrogens is 356 g/mol. The normalized spacial score (nSPS) is 10.4. The minimum Gasteiger partial charge on any atom is -0.370 e. The number of nitro benzene ring substituents is 1. The maximum Gasteiger partial charge on any atom is 0.273 e. The average Bonchev–Trinajstić information content (AvgIpc) is 2.48. The molecule has 2 aromatic rings. The van der Waals surface area contributed by atoms with Crippen LogP contribution in [0.2, 0.25) is 5.02 Å². The number of anilines is 1. The molecule has 21 heavy (non-hydrogen) atoms. The van der Waals surface area contributed by atoms with E-state index in [0.717, 1.165) is 11.3 Å². The summed E-state index contributed by atoms with van der Waals surface area (Å²) in [6.45, 7) is 0.638. The predicted molar refractivity (Wildman–Crippen MR) is 89.3 cm³/mol. The van der Waals surface area contributed by atoms with Crippen molar-refractivity contribution in [3.05, 3.63) is 68.7 Å². The molecule has 0 aliphatic carbocycles. The third-order valence-corrected chi connectivity index (χ3v) is 4.18. The topological polar surface area (TPSA) is 46.4 Å². The number of hydrogen-bond acceptors (Lipinski definition) is 3. The summed E-state index contributed by atoms with van der Waals surface area (Å²) in [6, 6.07) is 12.8. The SMILES string of the molecule is CN(Cc1ccccc1Cl)c1ccc([N+](=O)[O-])c(CBr)c1. The monoisotopic (exact) mass is 368 g/mol. The molecule has 110 valence electrons. The lowest BCUT2D eigenvalue weighted by Gasteiger charge is -2.20. The summed E-state index contributed by atoms with van der Waals surface area (Å²) in [4.78, 5) is 12.6. The highest BCUT2D eigenvalue weighted by Crippen LogP contribution is 2.27. The van der Waals surface area contributed by atoms with Gasteiger partial charge in [0.2, 0.25) is 0 Å². The highest BCUT2D eigenvalue weighted by molar-refractivity contribution is 9.08. The Bertz CT molecular complexity index is 664. The second-order valence-corrected chi connectivity index (χ2v) is 5.62. The van der Waals surface area contributed by atoms with Gasteiger partial charge in [-0.25, -0.2) is 0 Å². The van der Waals surface area contributed by atoms with Gasteiger partial charge in [-0.1, -0.05) is 45.7 Å². The van der Waals surface area contributed by atoms with Crippen LogP contribution in [0.3, 0.4) is 0 Å². The maximum absolute atomic E-state index is 11.0. The molecule has 0 aromatic heterocycles. The Kier molecular flexibility index (Phi) is 5.20. The number of nitro groups is 1. The van der Waals surface area contributed by atoms with Crippen LogP contribution in [0.15, 0.2) is 42.5 Å². The standard InChI is InChI=1S/C15H14BrClN2O2/c1-18(10-11-4-2-3-5-14(11)17)13-6-7-15(19(20)21)12(8-13)9-16/h2-8H,9-10H2,1H3. The van der Waals surface area contributed by atoms with Crippen LogP contribution in [-0.2, 0) is 11.9 Å². The molecule has 0 unspecified atom stereocenters. The van der Waals surface area contributed by atoms with Gasteiger partial charge < -0.3 is 4.90 Å². The molecule has 0 bridgehead atoms. The summed E-state index contributed by atoms with van der Waals surface area (Å²) in [5.74, 6) is 0. The lowest BCUT2D eigenvalue weighted by molar-refractivity contribution is -0.385. The summed E-state index contributed by atoms with van der Waals surface area (Å²) >= 11 is 9.45. The zero-order chi connectivity index (χ0) is 15.4. The number of alkyl halides is 1. The molecule has 0 fully saturated rings. The summed E-state index contributed by atoms with van der Waals surface area (Å²) in [7, 11) is 1.93. The summed E-state index contributed by atoms with van der Waals surface area (Å²) < 4.78 is 0. The highest BCUT2D eigenvalue weighted by Gasteiger charge is 2.14. The van der Waals surface area contributed by atoms with Crippen molar-refractivity contribution in [2.24, 2.45) is 0 Å². The molecule has 0 saturated carbocycles. The maximum atomic E-state index is 11.0. The van der Waals surface area contributed by atoms with Crippen molar-refractivity contribution in [3.63, 3.8) is 0 Å². The first kappa shape index (κ1) is 15.8. The fourth-order valence-electron chi connectivity index (χ4n) is 2.07. The molecule has 0 heterocycles. The Labute approximate surface area is 136 Å². The van der Waals surface area contributed by atoms with Crippen molar-refractivity contribution in [1.29, 1.82) is 0 Å². The molecule has 4 nitrogen and oxygen atoms in total. The zero-order valence-electron chi connectivity index (χ0n) is 11.4. The predicted octanol–water partition coefficient (Wildman–Crippen LogP) is 4.78. The van der Waals surface area contributed by atoms with Gasteiger partial charge in [-0.05, 0) is 23.8 Å². The van der Waals surface area contributed by atoms with Crippen molar-refractivity contribution in [2.45, 2.75) is 11.9 Å². The zero-order valence-corrected chi connectivity index (χ0v) is 13.8. The van der Waals surface area contributed by atoms with Crippen molar-refractivity contribution in [3.8, 4) is 0 Å². The second kappa shape index (κ2) is 6.91. The van der Waals surface area contributed by atoms with E-state index >= 15 is 0 Å². The summed E-state index contributed by atoms with van der Waals surface area (Å²) in [6.07, 6.45) is 0. The van der Waals surface area contributed by atoms with Crippen molar-refractivity contribution >= 4 is 38.9 Å². The van der Waals surface area contributed by atoms with Crippen LogP contribution in [0.25, 0.3) is 0 Å². The van der Waals surface area contributed by atoms with E-state index in [4.69, 9.17) is 11.6 Å². The van der Waals surface area contributed by atoms with Crippen LogP contribution in [-0.4, -0.2) is 12.0 Å². The Morgan fingerprint density at radius 1 is 1.24 bits per heavy atom. The fraction of sp³-hybridized carbons (Fsp3) is 0.200. The van der Waals surface area contributed by atoms with Gasteiger partial charge in [0.05, 0.1) is 4.92 Å². The highest BCUT2D eigenvalue weighted by atomic mass is 79.9. The van der Waals surface area contributed by atoms with Gasteiger partial charge in [-0.15, -0.1) is 0 Å². The van der Waals surface area contributed by atoms with Crippen molar-refractivity contribution in [2.75, 3.05) is 11.9 Å². The Balaban J connectivity index is 2.25. The molecule has 0 radical (unpaired) electrons. The largest absolute Gasteiger partial charge is 0.370 e. The van der Waals surface area contributed by atoms with E-state index in [-0.39, 0.29) is 10.6 Å². The van der Waals surface area contributed by atoms with E-state index in [1.165, 1.54) is 6.07 Å². The van der Waals surface area contributed by atoms with E-state index in [1.54, 1.807) is 6.07 Å². The molecule has 0 spiro atoms. The lowest BCUT2D eigenvalue weighted by Crippen LogP contribution is -2.16. The van der Waals surface area contributed by atoms with Crippen LogP contribution >= 0.6 is 27.5 Å². The van der Waals surface area contributed by atoms with Crippen LogP contribution in [0.5, 0.6) is 0 Å². The van der Waals surface area contributed by atoms with Crippen LogP contribution in [0, 0.1) is 10.1 Å². The quantitative estimate of drug-likeness (QED) is 0.433. The molecular formula is C15H14BrClN2O2. The summed E-state index contributed by atoms with van der Waals surface area (Å²) in [5, 5.41) is 12.1. The molecule has 2 rings (SSSR count). The lowest BCUT2D eigenvalue weighted by atomic mass is 10.1. The Morgan fingerprint density at radius 2 is 1.95 bits per heavy atom. The van der Waals surface area contributed by atoms with E-state index < -0.39 is 0 Å². The first-order chi connectivity index (χ1) is 10.0. The number of rotatable bonds is 5. The molecule has 0 aliphatic heterocycles. The van der Waals surface area contributed by atoms with E-state index in [2.05, 4.69) is 15.9 Å². The van der Waals surface area contributed by atoms with Crippen LogP contribution in [0.1, 0.15) is 11.1 Å². The third-order valence-electron chi connectivity index (χ3n) is 3.21. The fourth-order valence-corrected chi connectivity index (χ4v) is 2.71. The Hall–Kier alpha value is -1.59. The van der Waals surface area contributed by atoms with Crippen molar-refractivity contribution < 1.29 is 4.92 Å². The van der Waals surface area contributed by atoms with E-state index in [9.17, 15) is 10.1 Å². The van der Waals surface area contributed by atoms with Gasteiger partial charge in [0.15, 0.2) is 0 Å². The molecule has 0 N–H and O–H groups in total. The first-order valence-electron chi connectivity index (χ1n) is 6.30. The van der Waals surface area contributed by atoms with Gasteiger partial charge in [0.1, 0.15) is 0 Å². The molecule has 0 atom stereocenters. The average molecular weight is 370 g/mol. The molecule has 0 aliphatic rings. The van der Waals surface area contributed by atoms with E-state index in [1.807, 2.05) is 42.3 Å². The third kappa shape index (κ3) is 3.74. The van der Waals surface area contributed by atoms with Gasteiger partial charge in [0.25, 0.3) is 5.69 Å². The molecule has 6 heteroatoms. The van der Waals surface area contributed by atoms with Gasteiger partial charge in [-0.2, -0.15) is 0 Å². The Morgan fingerprint density at radius 3 is 2.57 bits per heavy atom. The van der Waals surface area contributed by atoms with Crippen molar-refractivity contribution in [1.82, 2.24) is 0 Å². The molecule has 0 amide bonds. The second-order valence-electron chi connectivity index (χ2n) is 4.65. The van der Waals surface area contributed by atoms with Gasteiger partial charge in [-0.3, -0.25) is 10.1 Å². The molecule has 2 aromatic carbocycles. The van der Waals surface area contributed by atoms with Gasteiger partial charge in [0, 0.05) is 41.3 Å². The smallest absolute Gasteiger partial charge is 0.273 e. The minimum absolute atomic E-state index is 0.127. The van der Waals surface area contributed by atoms with E-state index in [0.29, 0.717) is 22.5 Å². The number of benzene rings is 2. The van der Waals surface area contributed by atoms with Gasteiger partial charge >= 0.3 is 0 Å². The summed E-state index contributed by atoms with van der Waals surface area (Å²) in [5.41, 5.74) is 2.71. The number of hydrogen-bond donors (Lipinski definition) is 0. The van der Waals surface area contributed by atoms with Crippen LogP contribution in [0.4, 0.5) is 11.4 Å². The minimum atomic E-state index is -0.367.